The van der Waals surface area contributed by atoms with Gasteiger partial charge in [-0.2, -0.15) is 0 Å². The third-order valence-corrected chi connectivity index (χ3v) is 7.03. The van der Waals surface area contributed by atoms with E-state index in [1.165, 1.54) is 25.3 Å². The molecular weight excluding hydrogens is 443 g/mol. The van der Waals surface area contributed by atoms with E-state index in [1.54, 1.807) is 19.1 Å². The van der Waals surface area contributed by atoms with Crippen LogP contribution in [0.15, 0.2) is 59.5 Å². The lowest BCUT2D eigenvalue weighted by molar-refractivity contribution is -0.114. The molecule has 0 saturated carbocycles. The van der Waals surface area contributed by atoms with Gasteiger partial charge in [0.2, 0.25) is 5.91 Å². The van der Waals surface area contributed by atoms with E-state index in [0.717, 1.165) is 33.1 Å². The van der Waals surface area contributed by atoms with Crippen molar-refractivity contribution in [3.05, 3.63) is 82.7 Å². The van der Waals surface area contributed by atoms with Gasteiger partial charge in [-0.05, 0) is 80.8 Å². The Balaban J connectivity index is 2.04. The molecule has 0 aromatic heterocycles. The summed E-state index contributed by atoms with van der Waals surface area (Å²) < 4.78 is 47.1. The molecule has 0 bridgehead atoms. The number of anilines is 2. The molecule has 0 atom stereocenters. The molecule has 1 amide bonds. The SMILES string of the molecule is COc1ccc(C)cc1S(=O)(=O)N(CC(=O)Nc1c(C)cc(C)cc1C)c1ccc(F)cc1. The molecule has 0 unspecified atom stereocenters. The van der Waals surface area contributed by atoms with Crippen LogP contribution >= 0.6 is 0 Å². The van der Waals surface area contributed by atoms with Gasteiger partial charge < -0.3 is 10.1 Å². The Hall–Kier alpha value is -3.39. The molecule has 0 fully saturated rings. The minimum Gasteiger partial charge on any atom is -0.495 e. The largest absolute Gasteiger partial charge is 0.495 e. The first kappa shape index (κ1) is 24.3. The molecule has 0 aliphatic rings. The van der Waals surface area contributed by atoms with Crippen LogP contribution in [0.25, 0.3) is 0 Å². The normalized spacial score (nSPS) is 11.2. The molecule has 174 valence electrons. The lowest BCUT2D eigenvalue weighted by Gasteiger charge is -2.25. The van der Waals surface area contributed by atoms with Gasteiger partial charge in [0.15, 0.2) is 0 Å². The van der Waals surface area contributed by atoms with Crippen LogP contribution in [0.3, 0.4) is 0 Å². The topological polar surface area (TPSA) is 75.7 Å². The molecular formula is C25H27FN2O4S. The summed E-state index contributed by atoms with van der Waals surface area (Å²) in [7, 11) is -2.84. The highest BCUT2D eigenvalue weighted by Crippen LogP contribution is 2.31. The second kappa shape index (κ2) is 9.62. The molecule has 6 nitrogen and oxygen atoms in total. The number of nitrogens with one attached hydrogen (secondary N) is 1. The van der Waals surface area contributed by atoms with Gasteiger partial charge in [0, 0.05) is 5.69 Å². The Morgan fingerprint density at radius 3 is 2.12 bits per heavy atom. The maximum absolute atomic E-state index is 13.7. The van der Waals surface area contributed by atoms with E-state index in [-0.39, 0.29) is 16.3 Å². The minimum absolute atomic E-state index is 0.0789. The number of aryl methyl sites for hydroxylation is 4. The lowest BCUT2D eigenvalue weighted by Crippen LogP contribution is -2.38. The minimum atomic E-state index is -4.22. The predicted molar refractivity (Wildman–Crippen MR) is 128 cm³/mol. The zero-order valence-electron chi connectivity index (χ0n) is 19.3. The van der Waals surface area contributed by atoms with Crippen LogP contribution in [-0.2, 0) is 14.8 Å². The molecule has 8 heteroatoms. The van der Waals surface area contributed by atoms with Crippen molar-refractivity contribution in [2.75, 3.05) is 23.3 Å². The molecule has 33 heavy (non-hydrogen) atoms. The molecule has 0 aliphatic carbocycles. The number of halogens is 1. The Kier molecular flexibility index (Phi) is 7.07. The van der Waals surface area contributed by atoms with Crippen molar-refractivity contribution in [3.63, 3.8) is 0 Å². The number of hydrogen-bond donors (Lipinski definition) is 1. The van der Waals surface area contributed by atoms with Gasteiger partial charge in [0.25, 0.3) is 10.0 Å². The second-order valence-corrected chi connectivity index (χ2v) is 9.80. The van der Waals surface area contributed by atoms with E-state index in [1.807, 2.05) is 32.9 Å². The van der Waals surface area contributed by atoms with E-state index >= 15 is 0 Å². The van der Waals surface area contributed by atoms with Crippen molar-refractivity contribution in [2.45, 2.75) is 32.6 Å². The maximum atomic E-state index is 13.7. The van der Waals surface area contributed by atoms with E-state index in [2.05, 4.69) is 5.32 Å². The molecule has 0 heterocycles. The average Bonchev–Trinajstić information content (AvgIpc) is 2.75. The fraction of sp³-hybridized carbons (Fsp3) is 0.240. The van der Waals surface area contributed by atoms with Crippen molar-refractivity contribution in [1.29, 1.82) is 0 Å². The van der Waals surface area contributed by atoms with Gasteiger partial charge in [-0.25, -0.2) is 12.8 Å². The Morgan fingerprint density at radius 1 is 0.939 bits per heavy atom. The van der Waals surface area contributed by atoms with Crippen LogP contribution < -0.4 is 14.4 Å². The zero-order chi connectivity index (χ0) is 24.3. The van der Waals surface area contributed by atoms with Gasteiger partial charge in [-0.3, -0.25) is 9.10 Å². The monoisotopic (exact) mass is 470 g/mol. The number of methoxy groups -OCH3 is 1. The van der Waals surface area contributed by atoms with Crippen molar-refractivity contribution >= 4 is 27.3 Å². The van der Waals surface area contributed by atoms with Gasteiger partial charge in [-0.15, -0.1) is 0 Å². The van der Waals surface area contributed by atoms with Gasteiger partial charge in [0.05, 0.1) is 12.8 Å². The van der Waals surface area contributed by atoms with E-state index in [0.29, 0.717) is 11.3 Å². The highest BCUT2D eigenvalue weighted by atomic mass is 32.2. The van der Waals surface area contributed by atoms with Crippen molar-refractivity contribution in [2.24, 2.45) is 0 Å². The average molecular weight is 471 g/mol. The standard InChI is InChI=1S/C25H27FN2O4S/c1-16-6-11-22(32-5)23(14-16)33(30,31)28(21-9-7-20(26)8-10-21)15-24(29)27-25-18(3)12-17(2)13-19(25)4/h6-14H,15H2,1-5H3,(H,27,29). The van der Waals surface area contributed by atoms with Crippen LogP contribution in [0, 0.1) is 33.5 Å². The first-order chi connectivity index (χ1) is 15.5. The summed E-state index contributed by atoms with van der Waals surface area (Å²) >= 11 is 0. The number of hydrogen-bond acceptors (Lipinski definition) is 4. The zero-order valence-corrected chi connectivity index (χ0v) is 20.1. The number of benzene rings is 3. The number of carbonyl (C=O) groups excluding carboxylic acids is 1. The number of nitrogens with zero attached hydrogens (tertiary/aromatic N) is 1. The molecule has 1 N–H and O–H groups in total. The molecule has 0 aliphatic heterocycles. The second-order valence-electron chi connectivity index (χ2n) is 7.96. The third kappa shape index (κ3) is 5.34. The number of carbonyl (C=O) groups is 1. The highest BCUT2D eigenvalue weighted by Gasteiger charge is 2.30. The van der Waals surface area contributed by atoms with Crippen LogP contribution in [0.1, 0.15) is 22.3 Å². The molecule has 0 saturated heterocycles. The fourth-order valence-corrected chi connectivity index (χ4v) is 5.38. The Labute approximate surface area is 194 Å². The summed E-state index contributed by atoms with van der Waals surface area (Å²) in [5, 5.41) is 2.83. The molecule has 0 spiro atoms. The van der Waals surface area contributed by atoms with Gasteiger partial charge in [-0.1, -0.05) is 23.8 Å². The predicted octanol–water partition coefficient (Wildman–Crippen LogP) is 4.90. The molecule has 3 aromatic carbocycles. The maximum Gasteiger partial charge on any atom is 0.268 e. The fourth-order valence-electron chi connectivity index (χ4n) is 3.71. The number of sulfonamides is 1. The van der Waals surface area contributed by atoms with Crippen LogP contribution in [0.4, 0.5) is 15.8 Å². The van der Waals surface area contributed by atoms with Crippen LogP contribution in [0.2, 0.25) is 0 Å². The molecule has 3 aromatic rings. The Morgan fingerprint density at radius 2 is 1.55 bits per heavy atom. The van der Waals surface area contributed by atoms with E-state index in [9.17, 15) is 17.6 Å². The third-order valence-electron chi connectivity index (χ3n) is 5.23. The van der Waals surface area contributed by atoms with E-state index < -0.39 is 28.3 Å². The molecule has 0 radical (unpaired) electrons. The number of amides is 1. The lowest BCUT2D eigenvalue weighted by atomic mass is 10.1. The van der Waals surface area contributed by atoms with E-state index in [4.69, 9.17) is 4.74 Å². The quantitative estimate of drug-likeness (QED) is 0.533. The summed E-state index contributed by atoms with van der Waals surface area (Å²) in [5.41, 5.74) is 4.31. The summed E-state index contributed by atoms with van der Waals surface area (Å²) in [6, 6.07) is 13.6. The van der Waals surface area contributed by atoms with Crippen molar-refractivity contribution < 1.29 is 22.3 Å². The first-order valence-corrected chi connectivity index (χ1v) is 11.8. The summed E-state index contributed by atoms with van der Waals surface area (Å²) in [5.74, 6) is -0.887. The number of rotatable bonds is 7. The summed E-state index contributed by atoms with van der Waals surface area (Å²) in [6.07, 6.45) is 0. The number of ether oxygens (including phenoxy) is 1. The van der Waals surface area contributed by atoms with Crippen LogP contribution in [0.5, 0.6) is 5.75 Å². The molecule has 3 rings (SSSR count). The first-order valence-electron chi connectivity index (χ1n) is 10.3. The summed E-state index contributed by atoms with van der Waals surface area (Å²) in [4.78, 5) is 13.0. The van der Waals surface area contributed by atoms with Gasteiger partial charge in [0.1, 0.15) is 23.0 Å². The Bertz CT molecular complexity index is 1270. The van der Waals surface area contributed by atoms with Crippen molar-refractivity contribution in [1.82, 2.24) is 0 Å². The summed E-state index contributed by atoms with van der Waals surface area (Å²) in [6.45, 7) is 6.97. The van der Waals surface area contributed by atoms with Crippen LogP contribution in [-0.4, -0.2) is 28.0 Å². The van der Waals surface area contributed by atoms with Gasteiger partial charge >= 0.3 is 0 Å². The highest BCUT2D eigenvalue weighted by molar-refractivity contribution is 7.93. The van der Waals surface area contributed by atoms with Crippen molar-refractivity contribution in [3.8, 4) is 5.75 Å². The smallest absolute Gasteiger partial charge is 0.268 e.